The Morgan fingerprint density at radius 3 is 2.35 bits per heavy atom. The number of hydrogen-bond acceptors (Lipinski definition) is 2. The van der Waals surface area contributed by atoms with E-state index >= 15 is 0 Å². The van der Waals surface area contributed by atoms with Gasteiger partial charge in [-0.2, -0.15) is 0 Å². The Labute approximate surface area is 119 Å². The van der Waals surface area contributed by atoms with Gasteiger partial charge in [0.2, 0.25) is 0 Å². The van der Waals surface area contributed by atoms with Crippen LogP contribution in [0.2, 0.25) is 0 Å². The lowest BCUT2D eigenvalue weighted by Crippen LogP contribution is -2.60. The highest BCUT2D eigenvalue weighted by molar-refractivity contribution is 5.16. The summed E-state index contributed by atoms with van der Waals surface area (Å²) >= 11 is 0. The maximum Gasteiger partial charge on any atom is 0.123 e. The summed E-state index contributed by atoms with van der Waals surface area (Å²) in [5, 5.41) is 14.3. The topological polar surface area (TPSA) is 32.3 Å². The van der Waals surface area contributed by atoms with Gasteiger partial charge in [-0.3, -0.25) is 0 Å². The van der Waals surface area contributed by atoms with Crippen molar-refractivity contribution in [3.05, 3.63) is 35.6 Å². The number of benzene rings is 1. The van der Waals surface area contributed by atoms with Crippen LogP contribution < -0.4 is 5.32 Å². The van der Waals surface area contributed by atoms with Gasteiger partial charge in [0, 0.05) is 12.6 Å². The minimum absolute atomic E-state index is 0.175. The van der Waals surface area contributed by atoms with E-state index in [0.717, 1.165) is 37.3 Å². The molecule has 20 heavy (non-hydrogen) atoms. The van der Waals surface area contributed by atoms with E-state index in [1.807, 2.05) is 12.1 Å². The van der Waals surface area contributed by atoms with Gasteiger partial charge in [-0.05, 0) is 67.6 Å². The summed E-state index contributed by atoms with van der Waals surface area (Å²) in [5.74, 6) is 1.84. The van der Waals surface area contributed by atoms with Crippen molar-refractivity contribution in [1.29, 1.82) is 0 Å². The fourth-order valence-electron chi connectivity index (χ4n) is 5.15. The van der Waals surface area contributed by atoms with Crippen LogP contribution in [0.4, 0.5) is 4.39 Å². The molecule has 2 atom stereocenters. The Kier molecular flexibility index (Phi) is 2.90. The molecule has 4 bridgehead atoms. The SMILES string of the molecule is OC12CC3CC(C1)C(NCc1ccc(F)cc1)C(C3)C2. The molecule has 1 aromatic rings. The summed E-state index contributed by atoms with van der Waals surface area (Å²) in [7, 11) is 0. The standard InChI is InChI=1S/C17H22FNO/c18-15-3-1-11(2-4-15)10-19-16-13-5-12-6-14(16)9-17(20,7-12)8-13/h1-4,12-14,16,19-20H,5-10H2. The summed E-state index contributed by atoms with van der Waals surface area (Å²) in [5.41, 5.74) is 0.781. The maximum atomic E-state index is 12.9. The van der Waals surface area contributed by atoms with Gasteiger partial charge in [0.1, 0.15) is 5.82 Å². The minimum atomic E-state index is -0.357. The lowest BCUT2D eigenvalue weighted by atomic mass is 9.52. The van der Waals surface area contributed by atoms with Crippen LogP contribution in [-0.2, 0) is 6.54 Å². The molecule has 0 radical (unpaired) electrons. The first-order chi connectivity index (χ1) is 9.61. The molecule has 2 nitrogen and oxygen atoms in total. The largest absolute Gasteiger partial charge is 0.390 e. The first-order valence-electron chi connectivity index (χ1n) is 7.81. The van der Waals surface area contributed by atoms with Gasteiger partial charge >= 0.3 is 0 Å². The molecule has 4 aliphatic rings. The van der Waals surface area contributed by atoms with E-state index < -0.39 is 0 Å². The van der Waals surface area contributed by atoms with E-state index in [4.69, 9.17) is 0 Å². The van der Waals surface area contributed by atoms with Crippen molar-refractivity contribution in [2.24, 2.45) is 17.8 Å². The highest BCUT2D eigenvalue weighted by Gasteiger charge is 2.54. The van der Waals surface area contributed by atoms with Gasteiger partial charge in [-0.25, -0.2) is 4.39 Å². The molecule has 2 unspecified atom stereocenters. The second-order valence-corrected chi connectivity index (χ2v) is 7.23. The zero-order valence-electron chi connectivity index (χ0n) is 11.7. The van der Waals surface area contributed by atoms with Crippen molar-refractivity contribution in [3.8, 4) is 0 Å². The fraction of sp³-hybridized carbons (Fsp3) is 0.647. The third-order valence-electron chi connectivity index (χ3n) is 5.70. The fourth-order valence-corrected chi connectivity index (χ4v) is 5.15. The molecule has 4 aliphatic carbocycles. The first kappa shape index (κ1) is 12.8. The van der Waals surface area contributed by atoms with Crippen molar-refractivity contribution in [1.82, 2.24) is 5.32 Å². The van der Waals surface area contributed by atoms with Gasteiger partial charge in [0.25, 0.3) is 0 Å². The first-order valence-corrected chi connectivity index (χ1v) is 7.81. The highest BCUT2D eigenvalue weighted by atomic mass is 19.1. The third-order valence-corrected chi connectivity index (χ3v) is 5.70. The molecule has 4 fully saturated rings. The van der Waals surface area contributed by atoms with E-state index in [1.165, 1.54) is 25.0 Å². The summed E-state index contributed by atoms with van der Waals surface area (Å²) in [6, 6.07) is 7.29. The maximum absolute atomic E-state index is 12.9. The van der Waals surface area contributed by atoms with Crippen LogP contribution in [0.5, 0.6) is 0 Å². The summed E-state index contributed by atoms with van der Waals surface area (Å²) in [6.07, 6.45) is 5.53. The van der Waals surface area contributed by atoms with Crippen LogP contribution in [-0.4, -0.2) is 16.7 Å². The van der Waals surface area contributed by atoms with E-state index in [0.29, 0.717) is 17.9 Å². The minimum Gasteiger partial charge on any atom is -0.390 e. The quantitative estimate of drug-likeness (QED) is 0.889. The molecular formula is C17H22FNO. The molecule has 4 saturated carbocycles. The van der Waals surface area contributed by atoms with E-state index in [1.54, 1.807) is 0 Å². The Hall–Kier alpha value is -0.930. The average molecular weight is 275 g/mol. The summed E-state index contributed by atoms with van der Waals surface area (Å²) in [4.78, 5) is 0. The van der Waals surface area contributed by atoms with Crippen molar-refractivity contribution < 1.29 is 9.50 Å². The average Bonchev–Trinajstić information content (AvgIpc) is 2.38. The van der Waals surface area contributed by atoms with E-state index in [-0.39, 0.29) is 11.4 Å². The molecule has 0 amide bonds. The molecular weight excluding hydrogens is 253 g/mol. The third kappa shape index (κ3) is 2.17. The predicted molar refractivity (Wildman–Crippen MR) is 75.5 cm³/mol. The zero-order chi connectivity index (χ0) is 13.7. The molecule has 3 heteroatoms. The zero-order valence-corrected chi connectivity index (χ0v) is 11.7. The molecule has 0 aromatic heterocycles. The molecule has 5 rings (SSSR count). The number of rotatable bonds is 3. The van der Waals surface area contributed by atoms with Crippen LogP contribution in [0.1, 0.15) is 37.7 Å². The van der Waals surface area contributed by atoms with Gasteiger partial charge < -0.3 is 10.4 Å². The van der Waals surface area contributed by atoms with Gasteiger partial charge in [0.05, 0.1) is 5.60 Å². The molecule has 0 spiro atoms. The van der Waals surface area contributed by atoms with Crippen molar-refractivity contribution in [2.75, 3.05) is 0 Å². The van der Waals surface area contributed by atoms with Gasteiger partial charge in [0.15, 0.2) is 0 Å². The second-order valence-electron chi connectivity index (χ2n) is 7.23. The normalized spacial score (nSPS) is 42.1. The predicted octanol–water partition coefficient (Wildman–Crippen LogP) is 2.85. The molecule has 108 valence electrons. The van der Waals surface area contributed by atoms with Gasteiger partial charge in [-0.15, -0.1) is 0 Å². The lowest BCUT2D eigenvalue weighted by molar-refractivity contribution is -0.138. The van der Waals surface area contributed by atoms with Crippen LogP contribution in [0, 0.1) is 23.6 Å². The van der Waals surface area contributed by atoms with Crippen LogP contribution >= 0.6 is 0 Å². The van der Waals surface area contributed by atoms with Crippen LogP contribution in [0.25, 0.3) is 0 Å². The molecule has 1 aromatic carbocycles. The lowest BCUT2D eigenvalue weighted by Gasteiger charge is -2.58. The number of aliphatic hydroxyl groups is 1. The summed E-state index contributed by atoms with van der Waals surface area (Å²) in [6.45, 7) is 0.807. The van der Waals surface area contributed by atoms with Crippen LogP contribution in [0.3, 0.4) is 0 Å². The Bertz CT molecular complexity index is 484. The Morgan fingerprint density at radius 1 is 1.10 bits per heavy atom. The second kappa shape index (κ2) is 4.54. The summed E-state index contributed by atoms with van der Waals surface area (Å²) < 4.78 is 12.9. The molecule has 0 aliphatic heterocycles. The van der Waals surface area contributed by atoms with Crippen molar-refractivity contribution >= 4 is 0 Å². The smallest absolute Gasteiger partial charge is 0.123 e. The molecule has 2 N–H and O–H groups in total. The van der Waals surface area contributed by atoms with E-state index in [9.17, 15) is 9.50 Å². The number of nitrogens with one attached hydrogen (secondary N) is 1. The van der Waals surface area contributed by atoms with E-state index in [2.05, 4.69) is 5.32 Å². The van der Waals surface area contributed by atoms with Gasteiger partial charge in [-0.1, -0.05) is 12.1 Å². The Morgan fingerprint density at radius 2 is 1.75 bits per heavy atom. The monoisotopic (exact) mass is 275 g/mol. The molecule has 0 heterocycles. The Balaban J connectivity index is 1.44. The number of hydrogen-bond donors (Lipinski definition) is 2. The van der Waals surface area contributed by atoms with Crippen molar-refractivity contribution in [3.63, 3.8) is 0 Å². The van der Waals surface area contributed by atoms with Crippen LogP contribution in [0.15, 0.2) is 24.3 Å². The highest BCUT2D eigenvalue weighted by Crippen LogP contribution is 2.55. The molecule has 0 saturated heterocycles. The number of halogens is 1. The van der Waals surface area contributed by atoms with Crippen molar-refractivity contribution in [2.45, 2.75) is 50.3 Å².